The van der Waals surface area contributed by atoms with Gasteiger partial charge in [0.25, 0.3) is 0 Å². The lowest BCUT2D eigenvalue weighted by molar-refractivity contribution is 0.262. The molecule has 0 heterocycles. The average molecular weight is 290 g/mol. The van der Waals surface area contributed by atoms with Crippen LogP contribution in [0.3, 0.4) is 0 Å². The van der Waals surface area contributed by atoms with E-state index in [1.54, 1.807) is 0 Å². The lowest BCUT2D eigenvalue weighted by Crippen LogP contribution is -2.20. The van der Waals surface area contributed by atoms with Crippen molar-refractivity contribution in [3.63, 3.8) is 0 Å². The summed E-state index contributed by atoms with van der Waals surface area (Å²) in [5.41, 5.74) is 3.79. The largest absolute Gasteiger partial charge is 0.323 e. The molecule has 0 atom stereocenters. The molecule has 0 aromatic heterocycles. The van der Waals surface area contributed by atoms with Gasteiger partial charge >= 0.3 is 6.03 Å². The summed E-state index contributed by atoms with van der Waals surface area (Å²) in [5.74, 6) is 0. The molecule has 3 aromatic rings. The number of carbonyl (C=O) groups excluding carboxylic acids is 1. The van der Waals surface area contributed by atoms with Gasteiger partial charge in [-0.25, -0.2) is 4.79 Å². The number of benzene rings is 3. The molecule has 2 amide bonds. The monoisotopic (exact) mass is 290 g/mol. The molecule has 0 saturated heterocycles. The average Bonchev–Trinajstić information content (AvgIpc) is 2.51. The van der Waals surface area contributed by atoms with Crippen LogP contribution in [-0.2, 0) is 0 Å². The molecule has 0 radical (unpaired) electrons. The van der Waals surface area contributed by atoms with E-state index in [1.807, 2.05) is 74.5 Å². The number of nitrogens with one attached hydrogen (secondary N) is 2. The van der Waals surface area contributed by atoms with Crippen LogP contribution in [0.15, 0.2) is 60.7 Å². The van der Waals surface area contributed by atoms with Crippen LogP contribution in [0.1, 0.15) is 11.1 Å². The van der Waals surface area contributed by atoms with Crippen molar-refractivity contribution in [1.29, 1.82) is 0 Å². The van der Waals surface area contributed by atoms with Gasteiger partial charge in [-0.15, -0.1) is 0 Å². The number of fused-ring (bicyclic) bond motifs is 1. The van der Waals surface area contributed by atoms with Crippen LogP contribution in [-0.4, -0.2) is 6.03 Å². The van der Waals surface area contributed by atoms with Gasteiger partial charge in [-0.05, 0) is 42.5 Å². The Morgan fingerprint density at radius 1 is 0.818 bits per heavy atom. The summed E-state index contributed by atoms with van der Waals surface area (Å²) in [4.78, 5) is 12.3. The van der Waals surface area contributed by atoms with Gasteiger partial charge < -0.3 is 10.6 Å². The Morgan fingerprint density at radius 2 is 1.55 bits per heavy atom. The Morgan fingerprint density at radius 3 is 2.41 bits per heavy atom. The Balaban J connectivity index is 1.83. The third kappa shape index (κ3) is 2.93. The maximum Gasteiger partial charge on any atom is 0.323 e. The van der Waals surface area contributed by atoms with Crippen LogP contribution in [0, 0.1) is 13.8 Å². The maximum absolute atomic E-state index is 12.3. The van der Waals surface area contributed by atoms with Crippen molar-refractivity contribution in [2.75, 3.05) is 10.6 Å². The Kier molecular flexibility index (Phi) is 3.79. The predicted octanol–water partition coefficient (Wildman–Crippen LogP) is 5.10. The highest BCUT2D eigenvalue weighted by Gasteiger charge is 2.07. The third-order valence-corrected chi connectivity index (χ3v) is 3.68. The molecule has 0 fully saturated rings. The summed E-state index contributed by atoms with van der Waals surface area (Å²) in [6.07, 6.45) is 0. The van der Waals surface area contributed by atoms with Crippen molar-refractivity contribution in [1.82, 2.24) is 0 Å². The van der Waals surface area contributed by atoms with Gasteiger partial charge in [0, 0.05) is 11.1 Å². The fourth-order valence-electron chi connectivity index (χ4n) is 2.48. The van der Waals surface area contributed by atoms with E-state index in [2.05, 4.69) is 10.6 Å². The standard InChI is InChI=1S/C19H18N2O/c1-13-10-11-14(2)18(12-13)21-19(22)20-17-9-5-7-15-6-3-4-8-16(15)17/h3-12H,1-2H3,(H2,20,21,22). The lowest BCUT2D eigenvalue weighted by Gasteiger charge is -2.12. The highest BCUT2D eigenvalue weighted by atomic mass is 16.2. The van der Waals surface area contributed by atoms with Crippen LogP contribution >= 0.6 is 0 Å². The molecular weight excluding hydrogens is 272 g/mol. The lowest BCUT2D eigenvalue weighted by atomic mass is 10.1. The summed E-state index contributed by atoms with van der Waals surface area (Å²) in [5, 5.41) is 7.98. The summed E-state index contributed by atoms with van der Waals surface area (Å²) in [6.45, 7) is 3.99. The molecule has 3 heteroatoms. The van der Waals surface area contributed by atoms with Crippen molar-refractivity contribution in [2.45, 2.75) is 13.8 Å². The second kappa shape index (κ2) is 5.90. The van der Waals surface area contributed by atoms with E-state index >= 15 is 0 Å². The van der Waals surface area contributed by atoms with E-state index in [9.17, 15) is 4.79 Å². The Bertz CT molecular complexity index is 834. The van der Waals surface area contributed by atoms with Gasteiger partial charge in [0.15, 0.2) is 0 Å². The van der Waals surface area contributed by atoms with Crippen molar-refractivity contribution >= 4 is 28.2 Å². The van der Waals surface area contributed by atoms with Gasteiger partial charge in [-0.1, -0.05) is 48.5 Å². The number of carbonyl (C=O) groups is 1. The van der Waals surface area contributed by atoms with E-state index < -0.39 is 0 Å². The molecule has 0 unspecified atom stereocenters. The number of amides is 2. The van der Waals surface area contributed by atoms with Gasteiger partial charge in [-0.2, -0.15) is 0 Å². The smallest absolute Gasteiger partial charge is 0.307 e. The van der Waals surface area contributed by atoms with Crippen LogP contribution in [0.5, 0.6) is 0 Å². The van der Waals surface area contributed by atoms with Crippen LogP contribution in [0.25, 0.3) is 10.8 Å². The number of anilines is 2. The van der Waals surface area contributed by atoms with E-state index in [-0.39, 0.29) is 6.03 Å². The van der Waals surface area contributed by atoms with E-state index in [1.165, 1.54) is 0 Å². The van der Waals surface area contributed by atoms with Crippen molar-refractivity contribution < 1.29 is 4.79 Å². The minimum absolute atomic E-state index is 0.231. The first-order valence-corrected chi connectivity index (χ1v) is 7.26. The van der Waals surface area contributed by atoms with Crippen LogP contribution in [0.4, 0.5) is 16.2 Å². The number of urea groups is 1. The highest BCUT2D eigenvalue weighted by molar-refractivity contribution is 6.06. The number of aryl methyl sites for hydroxylation is 2. The summed E-state index contributed by atoms with van der Waals surface area (Å²) >= 11 is 0. The summed E-state index contributed by atoms with van der Waals surface area (Å²) < 4.78 is 0. The zero-order valence-corrected chi connectivity index (χ0v) is 12.7. The summed E-state index contributed by atoms with van der Waals surface area (Å²) in [6, 6.07) is 19.6. The topological polar surface area (TPSA) is 41.1 Å². The molecule has 22 heavy (non-hydrogen) atoms. The third-order valence-electron chi connectivity index (χ3n) is 3.68. The quantitative estimate of drug-likeness (QED) is 0.677. The zero-order valence-electron chi connectivity index (χ0n) is 12.7. The first-order valence-electron chi connectivity index (χ1n) is 7.26. The maximum atomic E-state index is 12.3. The van der Waals surface area contributed by atoms with Crippen molar-refractivity contribution in [2.24, 2.45) is 0 Å². The molecule has 3 aromatic carbocycles. The molecule has 2 N–H and O–H groups in total. The van der Waals surface area contributed by atoms with E-state index in [0.29, 0.717) is 0 Å². The van der Waals surface area contributed by atoms with E-state index in [4.69, 9.17) is 0 Å². The van der Waals surface area contributed by atoms with Crippen LogP contribution in [0.2, 0.25) is 0 Å². The predicted molar refractivity (Wildman–Crippen MR) is 92.5 cm³/mol. The number of rotatable bonds is 2. The minimum Gasteiger partial charge on any atom is -0.307 e. The number of hydrogen-bond acceptors (Lipinski definition) is 1. The molecule has 0 aliphatic carbocycles. The second-order valence-electron chi connectivity index (χ2n) is 5.42. The van der Waals surface area contributed by atoms with Gasteiger partial charge in [0.05, 0.1) is 5.69 Å². The molecule has 0 spiro atoms. The Hall–Kier alpha value is -2.81. The molecule has 0 bridgehead atoms. The van der Waals surface area contributed by atoms with Crippen molar-refractivity contribution in [3.05, 3.63) is 71.8 Å². The highest BCUT2D eigenvalue weighted by Crippen LogP contribution is 2.23. The minimum atomic E-state index is -0.231. The van der Waals surface area contributed by atoms with Crippen LogP contribution < -0.4 is 10.6 Å². The SMILES string of the molecule is Cc1ccc(C)c(NC(=O)Nc2cccc3ccccc23)c1. The molecular formula is C19H18N2O. The fraction of sp³-hybridized carbons (Fsp3) is 0.105. The molecule has 110 valence electrons. The van der Waals surface area contributed by atoms with Gasteiger partial charge in [0.1, 0.15) is 0 Å². The van der Waals surface area contributed by atoms with E-state index in [0.717, 1.165) is 33.3 Å². The fourth-order valence-corrected chi connectivity index (χ4v) is 2.48. The first kappa shape index (κ1) is 14.1. The number of hydrogen-bond donors (Lipinski definition) is 2. The zero-order chi connectivity index (χ0) is 15.5. The normalized spacial score (nSPS) is 10.5. The summed E-state index contributed by atoms with van der Waals surface area (Å²) in [7, 11) is 0. The molecule has 0 aliphatic rings. The molecule has 0 aliphatic heterocycles. The molecule has 3 nitrogen and oxygen atoms in total. The Labute approximate surface area is 130 Å². The van der Waals surface area contributed by atoms with Gasteiger partial charge in [0.2, 0.25) is 0 Å². The molecule has 0 saturated carbocycles. The van der Waals surface area contributed by atoms with Crippen molar-refractivity contribution in [3.8, 4) is 0 Å². The second-order valence-corrected chi connectivity index (χ2v) is 5.42. The van der Waals surface area contributed by atoms with Gasteiger partial charge in [-0.3, -0.25) is 0 Å². The first-order chi connectivity index (χ1) is 10.6. The molecule has 3 rings (SSSR count).